The summed E-state index contributed by atoms with van der Waals surface area (Å²) in [5, 5.41) is 32.8. The SMILES string of the molecule is Cn1ccc(-c2nc(NC(=O)O)c(C#N)nc2-c2cc(Cl)c3[nH]ncc3c2)n1. The third kappa shape index (κ3) is 3.00. The number of benzene rings is 1. The first-order chi connectivity index (χ1) is 13.5. The molecule has 1 aromatic carbocycles. The van der Waals surface area contributed by atoms with Gasteiger partial charge < -0.3 is 5.11 Å². The van der Waals surface area contributed by atoms with Gasteiger partial charge in [0.05, 0.1) is 16.7 Å². The number of carbonyl (C=O) groups is 1. The zero-order chi connectivity index (χ0) is 19.8. The fraction of sp³-hybridized carbons (Fsp3) is 0.0588. The normalized spacial score (nSPS) is 10.8. The lowest BCUT2D eigenvalue weighted by Gasteiger charge is -2.11. The smallest absolute Gasteiger partial charge is 0.410 e. The summed E-state index contributed by atoms with van der Waals surface area (Å²) < 4.78 is 1.58. The van der Waals surface area contributed by atoms with E-state index in [0.29, 0.717) is 33.2 Å². The molecule has 11 heteroatoms. The van der Waals surface area contributed by atoms with E-state index in [2.05, 4.69) is 30.6 Å². The highest BCUT2D eigenvalue weighted by Gasteiger charge is 2.20. The van der Waals surface area contributed by atoms with Crippen molar-refractivity contribution in [2.75, 3.05) is 5.32 Å². The highest BCUT2D eigenvalue weighted by atomic mass is 35.5. The molecule has 0 unspecified atom stereocenters. The Morgan fingerprint density at radius 3 is 2.86 bits per heavy atom. The molecule has 0 aliphatic heterocycles. The molecule has 3 aromatic heterocycles. The van der Waals surface area contributed by atoms with Crippen LogP contribution in [-0.4, -0.2) is 41.1 Å². The maximum Gasteiger partial charge on any atom is 0.410 e. The number of nitrogens with zero attached hydrogens (tertiary/aromatic N) is 6. The zero-order valence-electron chi connectivity index (χ0n) is 14.3. The Morgan fingerprint density at radius 2 is 2.18 bits per heavy atom. The molecular weight excluding hydrogens is 384 g/mol. The van der Waals surface area contributed by atoms with Crippen molar-refractivity contribution in [3.05, 3.63) is 41.3 Å². The predicted molar refractivity (Wildman–Crippen MR) is 101 cm³/mol. The number of amides is 1. The van der Waals surface area contributed by atoms with E-state index >= 15 is 0 Å². The van der Waals surface area contributed by atoms with Crippen LogP contribution in [0.4, 0.5) is 10.6 Å². The van der Waals surface area contributed by atoms with E-state index in [1.54, 1.807) is 42.3 Å². The lowest BCUT2D eigenvalue weighted by atomic mass is 10.1. The van der Waals surface area contributed by atoms with Gasteiger partial charge in [0.15, 0.2) is 11.5 Å². The van der Waals surface area contributed by atoms with Gasteiger partial charge in [-0.25, -0.2) is 14.8 Å². The quantitative estimate of drug-likeness (QED) is 0.484. The Morgan fingerprint density at radius 1 is 1.36 bits per heavy atom. The van der Waals surface area contributed by atoms with E-state index in [0.717, 1.165) is 5.39 Å². The number of carboxylic acid groups (broad SMARTS) is 1. The molecule has 10 nitrogen and oxygen atoms in total. The van der Waals surface area contributed by atoms with Gasteiger partial charge in [0.25, 0.3) is 0 Å². The van der Waals surface area contributed by atoms with Crippen molar-refractivity contribution in [1.29, 1.82) is 5.26 Å². The second kappa shape index (κ2) is 6.64. The minimum atomic E-state index is -1.35. The van der Waals surface area contributed by atoms with Gasteiger partial charge in [-0.3, -0.25) is 15.1 Å². The number of rotatable bonds is 3. The van der Waals surface area contributed by atoms with Crippen molar-refractivity contribution < 1.29 is 9.90 Å². The van der Waals surface area contributed by atoms with E-state index < -0.39 is 6.09 Å². The van der Waals surface area contributed by atoms with Crippen LogP contribution in [0.15, 0.2) is 30.6 Å². The highest BCUT2D eigenvalue weighted by Crippen LogP contribution is 2.34. The number of aromatic nitrogens is 6. The number of aromatic amines is 1. The standard InChI is InChI=1S/C17H11ClN8O2/c1-26-3-2-11(25-26)15-14(21-12(6-19)16(22-15)23-17(27)28)8-4-9-7-20-24-13(9)10(18)5-8/h2-5,7H,1H3,(H,20,24)(H,22,23)(H,27,28). The van der Waals surface area contributed by atoms with Gasteiger partial charge in [0.2, 0.25) is 0 Å². The van der Waals surface area contributed by atoms with Crippen molar-refractivity contribution in [3.63, 3.8) is 0 Å². The number of hydrogen-bond donors (Lipinski definition) is 3. The number of hydrogen-bond acceptors (Lipinski definition) is 6. The molecule has 0 atom stereocenters. The summed E-state index contributed by atoms with van der Waals surface area (Å²) in [6.45, 7) is 0. The van der Waals surface area contributed by atoms with Gasteiger partial charge in [-0.2, -0.15) is 15.5 Å². The number of halogens is 1. The molecule has 138 valence electrons. The Labute approximate surface area is 162 Å². The summed E-state index contributed by atoms with van der Waals surface area (Å²) in [7, 11) is 1.74. The van der Waals surface area contributed by atoms with Crippen LogP contribution in [0.5, 0.6) is 0 Å². The van der Waals surface area contributed by atoms with Crippen LogP contribution in [0.3, 0.4) is 0 Å². The van der Waals surface area contributed by atoms with Gasteiger partial charge in [-0.15, -0.1) is 0 Å². The second-order valence-electron chi connectivity index (χ2n) is 5.83. The molecule has 0 fully saturated rings. The van der Waals surface area contributed by atoms with Crippen molar-refractivity contribution in [1.82, 2.24) is 29.9 Å². The fourth-order valence-electron chi connectivity index (χ4n) is 2.77. The summed E-state index contributed by atoms with van der Waals surface area (Å²) in [4.78, 5) is 19.7. The molecule has 0 aliphatic carbocycles. The third-order valence-corrected chi connectivity index (χ3v) is 4.26. The number of nitriles is 1. The molecule has 0 bridgehead atoms. The molecule has 0 spiro atoms. The van der Waals surface area contributed by atoms with Gasteiger partial charge in [0, 0.05) is 24.2 Å². The van der Waals surface area contributed by atoms with Crippen LogP contribution >= 0.6 is 11.6 Å². The first-order valence-corrected chi connectivity index (χ1v) is 8.29. The van der Waals surface area contributed by atoms with Crippen LogP contribution in [0.25, 0.3) is 33.5 Å². The Balaban J connectivity index is 2.01. The molecule has 4 rings (SSSR count). The van der Waals surface area contributed by atoms with E-state index in [1.807, 2.05) is 6.07 Å². The van der Waals surface area contributed by atoms with Crippen molar-refractivity contribution >= 4 is 34.4 Å². The first-order valence-electron chi connectivity index (χ1n) is 7.91. The van der Waals surface area contributed by atoms with Gasteiger partial charge in [-0.05, 0) is 18.2 Å². The average Bonchev–Trinajstić information content (AvgIpc) is 3.30. The maximum absolute atomic E-state index is 11.1. The molecule has 1 amide bonds. The molecule has 3 N–H and O–H groups in total. The lowest BCUT2D eigenvalue weighted by molar-refractivity contribution is 0.209. The summed E-state index contributed by atoms with van der Waals surface area (Å²) >= 11 is 6.34. The molecule has 0 saturated heterocycles. The van der Waals surface area contributed by atoms with Gasteiger partial charge in [-0.1, -0.05) is 11.6 Å². The topological polar surface area (TPSA) is 145 Å². The van der Waals surface area contributed by atoms with E-state index in [9.17, 15) is 10.1 Å². The zero-order valence-corrected chi connectivity index (χ0v) is 15.1. The Hall–Kier alpha value is -3.97. The molecule has 28 heavy (non-hydrogen) atoms. The van der Waals surface area contributed by atoms with E-state index in [-0.39, 0.29) is 11.5 Å². The van der Waals surface area contributed by atoms with E-state index in [4.69, 9.17) is 16.7 Å². The number of anilines is 1. The van der Waals surface area contributed by atoms with Crippen LogP contribution in [0.1, 0.15) is 5.69 Å². The van der Waals surface area contributed by atoms with Crippen molar-refractivity contribution in [2.45, 2.75) is 0 Å². The van der Waals surface area contributed by atoms with Crippen molar-refractivity contribution in [3.8, 4) is 28.7 Å². The molecule has 3 heterocycles. The molecular formula is C17H11ClN8O2. The first kappa shape index (κ1) is 17.4. The van der Waals surface area contributed by atoms with Crippen LogP contribution in [-0.2, 0) is 7.05 Å². The predicted octanol–water partition coefficient (Wildman–Crippen LogP) is 3.04. The monoisotopic (exact) mass is 394 g/mol. The number of nitrogens with one attached hydrogen (secondary N) is 2. The summed E-state index contributed by atoms with van der Waals surface area (Å²) in [5.41, 5.74) is 2.21. The minimum Gasteiger partial charge on any atom is -0.465 e. The molecule has 4 aromatic rings. The average molecular weight is 395 g/mol. The molecule has 0 radical (unpaired) electrons. The largest absolute Gasteiger partial charge is 0.465 e. The fourth-order valence-corrected chi connectivity index (χ4v) is 3.04. The van der Waals surface area contributed by atoms with E-state index in [1.165, 1.54) is 0 Å². The van der Waals surface area contributed by atoms with Crippen LogP contribution in [0.2, 0.25) is 5.02 Å². The van der Waals surface area contributed by atoms with Gasteiger partial charge in [0.1, 0.15) is 23.2 Å². The lowest BCUT2D eigenvalue weighted by Crippen LogP contribution is -2.12. The summed E-state index contributed by atoms with van der Waals surface area (Å²) in [5.74, 6) is -0.171. The third-order valence-electron chi connectivity index (χ3n) is 3.96. The highest BCUT2D eigenvalue weighted by molar-refractivity contribution is 6.35. The Kier molecular flexibility index (Phi) is 4.14. The second-order valence-corrected chi connectivity index (χ2v) is 6.23. The number of H-pyrrole nitrogens is 1. The Bertz CT molecular complexity index is 1270. The minimum absolute atomic E-state index is 0.166. The maximum atomic E-state index is 11.1. The molecule has 0 aliphatic rings. The van der Waals surface area contributed by atoms with Crippen molar-refractivity contribution in [2.24, 2.45) is 7.05 Å². The number of aryl methyl sites for hydroxylation is 1. The number of fused-ring (bicyclic) bond motifs is 1. The summed E-state index contributed by atoms with van der Waals surface area (Å²) in [6, 6.07) is 7.04. The molecule has 0 saturated carbocycles. The van der Waals surface area contributed by atoms with Crippen LogP contribution < -0.4 is 5.32 Å². The van der Waals surface area contributed by atoms with Gasteiger partial charge >= 0.3 is 6.09 Å². The summed E-state index contributed by atoms with van der Waals surface area (Å²) in [6.07, 6.45) is 1.98. The van der Waals surface area contributed by atoms with Crippen LogP contribution in [0, 0.1) is 11.3 Å².